The van der Waals surface area contributed by atoms with Gasteiger partial charge in [-0.25, -0.2) is 0 Å². The first-order chi connectivity index (χ1) is 9.74. The van der Waals surface area contributed by atoms with Gasteiger partial charge in [0.2, 0.25) is 0 Å². The number of rotatable bonds is 7. The van der Waals surface area contributed by atoms with Gasteiger partial charge in [-0.05, 0) is 70.6 Å². The van der Waals surface area contributed by atoms with E-state index in [0.29, 0.717) is 6.04 Å². The van der Waals surface area contributed by atoms with Crippen molar-refractivity contribution in [2.75, 3.05) is 13.7 Å². The molecular weight excluding hydrogens is 381 g/mol. The Hall–Kier alpha value is -0.590. The zero-order valence-corrected chi connectivity index (χ0v) is 14.8. The van der Waals surface area contributed by atoms with Crippen molar-refractivity contribution in [1.29, 1.82) is 0 Å². The van der Waals surface area contributed by atoms with E-state index in [9.17, 15) is 0 Å². The number of thiophene rings is 1. The standard InChI is InChI=1S/C16H20INOS/c1-3-8-18-14(13-10-16(17)20-11-13)9-12-6-4-5-7-15(12)19-2/h4-7,10-11,14,18H,3,8-9H2,1-2H3. The van der Waals surface area contributed by atoms with Crippen molar-refractivity contribution in [3.63, 3.8) is 0 Å². The van der Waals surface area contributed by atoms with Crippen LogP contribution in [-0.4, -0.2) is 13.7 Å². The molecular formula is C16H20INOS. The smallest absolute Gasteiger partial charge is 0.122 e. The molecule has 2 nitrogen and oxygen atoms in total. The Bertz CT molecular complexity index is 541. The summed E-state index contributed by atoms with van der Waals surface area (Å²) < 4.78 is 6.80. The van der Waals surface area contributed by atoms with Crippen molar-refractivity contribution in [3.05, 3.63) is 49.7 Å². The van der Waals surface area contributed by atoms with Gasteiger partial charge in [0.1, 0.15) is 5.75 Å². The molecule has 108 valence electrons. The number of hydrogen-bond acceptors (Lipinski definition) is 3. The van der Waals surface area contributed by atoms with E-state index in [1.807, 2.05) is 12.1 Å². The fraction of sp³-hybridized carbons (Fsp3) is 0.375. The van der Waals surface area contributed by atoms with Crippen LogP contribution in [0.5, 0.6) is 5.75 Å². The fourth-order valence-corrected chi connectivity index (χ4v) is 3.65. The van der Waals surface area contributed by atoms with Gasteiger partial charge in [-0.3, -0.25) is 0 Å². The van der Waals surface area contributed by atoms with Crippen LogP contribution in [0.25, 0.3) is 0 Å². The molecule has 1 aromatic heterocycles. The Morgan fingerprint density at radius 3 is 2.80 bits per heavy atom. The lowest BCUT2D eigenvalue weighted by Gasteiger charge is -2.19. The summed E-state index contributed by atoms with van der Waals surface area (Å²) in [5, 5.41) is 5.90. The van der Waals surface area contributed by atoms with E-state index < -0.39 is 0 Å². The Morgan fingerprint density at radius 1 is 1.35 bits per heavy atom. The monoisotopic (exact) mass is 401 g/mol. The van der Waals surface area contributed by atoms with Crippen LogP contribution in [0, 0.1) is 2.88 Å². The van der Waals surface area contributed by atoms with Gasteiger partial charge in [0, 0.05) is 6.04 Å². The molecule has 1 heterocycles. The zero-order chi connectivity index (χ0) is 14.4. The fourth-order valence-electron chi connectivity index (χ4n) is 2.22. The lowest BCUT2D eigenvalue weighted by atomic mass is 10.0. The van der Waals surface area contributed by atoms with Crippen LogP contribution in [0.15, 0.2) is 35.7 Å². The lowest BCUT2D eigenvalue weighted by molar-refractivity contribution is 0.405. The molecule has 1 aromatic carbocycles. The predicted molar refractivity (Wildman–Crippen MR) is 94.8 cm³/mol. The maximum atomic E-state index is 5.47. The second-order valence-corrected chi connectivity index (χ2v) is 7.51. The first kappa shape index (κ1) is 15.8. The molecule has 0 fully saturated rings. The summed E-state index contributed by atoms with van der Waals surface area (Å²) in [7, 11) is 1.74. The molecule has 2 aromatic rings. The molecule has 0 radical (unpaired) electrons. The Balaban J connectivity index is 2.19. The molecule has 1 unspecified atom stereocenters. The van der Waals surface area contributed by atoms with Gasteiger partial charge >= 0.3 is 0 Å². The summed E-state index contributed by atoms with van der Waals surface area (Å²) >= 11 is 4.18. The van der Waals surface area contributed by atoms with Crippen LogP contribution >= 0.6 is 33.9 Å². The highest BCUT2D eigenvalue weighted by Gasteiger charge is 2.15. The third kappa shape index (κ3) is 4.20. The third-order valence-electron chi connectivity index (χ3n) is 3.25. The highest BCUT2D eigenvalue weighted by molar-refractivity contribution is 14.1. The van der Waals surface area contributed by atoms with E-state index in [-0.39, 0.29) is 0 Å². The van der Waals surface area contributed by atoms with Crippen LogP contribution in [-0.2, 0) is 6.42 Å². The molecule has 0 aliphatic carbocycles. The summed E-state index contributed by atoms with van der Waals surface area (Å²) in [5.41, 5.74) is 2.63. The van der Waals surface area contributed by atoms with Crippen LogP contribution in [0.2, 0.25) is 0 Å². The summed E-state index contributed by atoms with van der Waals surface area (Å²) in [6, 6.07) is 10.9. The van der Waals surface area contributed by atoms with E-state index in [1.54, 1.807) is 18.4 Å². The number of ether oxygens (including phenoxy) is 1. The Labute approximate surface area is 138 Å². The van der Waals surface area contributed by atoms with Gasteiger partial charge in [0.15, 0.2) is 0 Å². The number of benzene rings is 1. The van der Waals surface area contributed by atoms with E-state index in [4.69, 9.17) is 4.74 Å². The minimum Gasteiger partial charge on any atom is -0.496 e. The molecule has 0 bridgehead atoms. The summed E-state index contributed by atoms with van der Waals surface area (Å²) in [5.74, 6) is 0.973. The first-order valence-corrected chi connectivity index (χ1v) is 8.79. The van der Waals surface area contributed by atoms with Crippen molar-refractivity contribution < 1.29 is 4.74 Å². The molecule has 0 aliphatic rings. The zero-order valence-electron chi connectivity index (χ0n) is 11.9. The van der Waals surface area contributed by atoms with E-state index in [1.165, 1.54) is 14.0 Å². The van der Waals surface area contributed by atoms with Crippen LogP contribution in [0.4, 0.5) is 0 Å². The normalized spacial score (nSPS) is 12.3. The number of hydrogen-bond donors (Lipinski definition) is 1. The SMILES string of the molecule is CCCNC(Cc1ccccc1OC)c1csc(I)c1. The third-order valence-corrected chi connectivity index (χ3v) is 5.05. The van der Waals surface area contributed by atoms with E-state index >= 15 is 0 Å². The van der Waals surface area contributed by atoms with Gasteiger partial charge < -0.3 is 10.1 Å². The van der Waals surface area contributed by atoms with Crippen molar-refractivity contribution in [3.8, 4) is 5.75 Å². The van der Waals surface area contributed by atoms with E-state index in [0.717, 1.165) is 25.1 Å². The Kier molecular flexibility index (Phi) is 6.32. The molecule has 2 rings (SSSR count). The number of nitrogens with one attached hydrogen (secondary N) is 1. The maximum Gasteiger partial charge on any atom is 0.122 e. The maximum absolute atomic E-state index is 5.47. The van der Waals surface area contributed by atoms with Gasteiger partial charge in [-0.15, -0.1) is 11.3 Å². The first-order valence-electron chi connectivity index (χ1n) is 6.83. The molecule has 20 heavy (non-hydrogen) atoms. The molecule has 4 heteroatoms. The molecule has 1 N–H and O–H groups in total. The minimum atomic E-state index is 0.353. The lowest BCUT2D eigenvalue weighted by Crippen LogP contribution is -2.23. The Morgan fingerprint density at radius 2 is 2.15 bits per heavy atom. The molecule has 0 amide bonds. The highest BCUT2D eigenvalue weighted by atomic mass is 127. The summed E-state index contributed by atoms with van der Waals surface area (Å²) in [6.45, 7) is 3.23. The molecule has 1 atom stereocenters. The second-order valence-electron chi connectivity index (χ2n) is 4.71. The van der Waals surface area contributed by atoms with E-state index in [2.05, 4.69) is 58.4 Å². The van der Waals surface area contributed by atoms with Crippen LogP contribution in [0.1, 0.15) is 30.5 Å². The van der Waals surface area contributed by atoms with Gasteiger partial charge in [-0.2, -0.15) is 0 Å². The van der Waals surface area contributed by atoms with Gasteiger partial charge in [0.25, 0.3) is 0 Å². The number of halogens is 1. The minimum absolute atomic E-state index is 0.353. The highest BCUT2D eigenvalue weighted by Crippen LogP contribution is 2.28. The largest absolute Gasteiger partial charge is 0.496 e. The molecule has 0 saturated heterocycles. The average Bonchev–Trinajstić information content (AvgIpc) is 2.90. The topological polar surface area (TPSA) is 21.3 Å². The van der Waals surface area contributed by atoms with Crippen molar-refractivity contribution in [1.82, 2.24) is 5.32 Å². The van der Waals surface area contributed by atoms with Crippen LogP contribution < -0.4 is 10.1 Å². The number of para-hydroxylation sites is 1. The molecule has 0 spiro atoms. The molecule has 0 aliphatic heterocycles. The average molecular weight is 401 g/mol. The van der Waals surface area contributed by atoms with Crippen molar-refractivity contribution >= 4 is 33.9 Å². The van der Waals surface area contributed by atoms with Crippen molar-refractivity contribution in [2.45, 2.75) is 25.8 Å². The number of methoxy groups -OCH3 is 1. The van der Waals surface area contributed by atoms with Crippen molar-refractivity contribution in [2.24, 2.45) is 0 Å². The van der Waals surface area contributed by atoms with Crippen LogP contribution in [0.3, 0.4) is 0 Å². The van der Waals surface area contributed by atoms with Gasteiger partial charge in [-0.1, -0.05) is 25.1 Å². The second kappa shape index (κ2) is 8.00. The summed E-state index contributed by atoms with van der Waals surface area (Å²) in [4.78, 5) is 0. The summed E-state index contributed by atoms with van der Waals surface area (Å²) in [6.07, 6.45) is 2.10. The molecule has 0 saturated carbocycles. The predicted octanol–water partition coefficient (Wildman–Crippen LogP) is 4.64. The quantitative estimate of drug-likeness (QED) is 0.683. The van der Waals surface area contributed by atoms with Gasteiger partial charge in [0.05, 0.1) is 9.99 Å².